The number of anilines is 2. The monoisotopic (exact) mass is 223 g/mol. The zero-order valence-corrected chi connectivity index (χ0v) is 10.5. The van der Waals surface area contributed by atoms with Gasteiger partial charge >= 0.3 is 0 Å². The molecule has 1 aromatic heterocycles. The number of nitrogens with one attached hydrogen (secondary N) is 2. The number of hydrogen-bond donors (Lipinski definition) is 3. The molecule has 0 aromatic carbocycles. The van der Waals surface area contributed by atoms with Crippen molar-refractivity contribution in [3.05, 3.63) is 11.9 Å². The molecule has 0 saturated carbocycles. The van der Waals surface area contributed by atoms with Crippen LogP contribution in [0.2, 0.25) is 0 Å². The average molecular weight is 223 g/mol. The highest BCUT2D eigenvalue weighted by molar-refractivity contribution is 5.57. The third-order valence-electron chi connectivity index (χ3n) is 2.08. The highest BCUT2D eigenvalue weighted by atomic mass is 15.3. The Hall–Kier alpha value is -1.36. The van der Waals surface area contributed by atoms with E-state index < -0.39 is 0 Å². The Morgan fingerprint density at radius 2 is 1.88 bits per heavy atom. The number of aromatic nitrogens is 2. The first-order chi connectivity index (χ1) is 7.48. The fraction of sp³-hybridized carbons (Fsp3) is 0.636. The van der Waals surface area contributed by atoms with E-state index in [9.17, 15) is 0 Å². The Kier molecular flexibility index (Phi) is 4.06. The van der Waals surface area contributed by atoms with Crippen molar-refractivity contribution in [3.63, 3.8) is 0 Å². The summed E-state index contributed by atoms with van der Waals surface area (Å²) >= 11 is 0. The molecule has 0 bridgehead atoms. The molecule has 0 radical (unpaired) electrons. The van der Waals surface area contributed by atoms with Crippen molar-refractivity contribution in [2.45, 2.75) is 46.1 Å². The van der Waals surface area contributed by atoms with Gasteiger partial charge in [0.05, 0.1) is 0 Å². The number of nitrogens with two attached hydrogens (primary N) is 1. The zero-order valence-electron chi connectivity index (χ0n) is 10.5. The first-order valence-corrected chi connectivity index (χ1v) is 5.56. The number of nitrogens with zero attached hydrogens (tertiary/aromatic N) is 2. The molecular weight excluding hydrogens is 202 g/mol. The fourth-order valence-electron chi connectivity index (χ4n) is 1.49. The Morgan fingerprint density at radius 1 is 1.25 bits per heavy atom. The third-order valence-corrected chi connectivity index (χ3v) is 2.08. The van der Waals surface area contributed by atoms with E-state index in [1.54, 1.807) is 0 Å². The first kappa shape index (κ1) is 12.7. The topological polar surface area (TPSA) is 75.9 Å². The lowest BCUT2D eigenvalue weighted by molar-refractivity contribution is 0.628. The van der Waals surface area contributed by atoms with Crippen LogP contribution in [0.4, 0.5) is 11.6 Å². The molecule has 0 atom stereocenters. The molecular formula is C11H21N5. The zero-order chi connectivity index (χ0) is 12.2. The van der Waals surface area contributed by atoms with Gasteiger partial charge in [0.2, 0.25) is 0 Å². The molecule has 1 aromatic rings. The standard InChI is InChI=1S/C11H21N5/c1-5-6-8-9(15-11(2,3)4)13-7-14-10(8)16-12/h7H,5-6,12H2,1-4H3,(H2,13,14,15,16). The van der Waals surface area contributed by atoms with Crippen LogP contribution in [0.3, 0.4) is 0 Å². The normalized spacial score (nSPS) is 11.3. The van der Waals surface area contributed by atoms with E-state index in [1.807, 2.05) is 0 Å². The van der Waals surface area contributed by atoms with E-state index in [0.717, 1.165) is 24.2 Å². The van der Waals surface area contributed by atoms with Gasteiger partial charge in [-0.1, -0.05) is 13.3 Å². The van der Waals surface area contributed by atoms with Gasteiger partial charge in [0, 0.05) is 11.1 Å². The number of rotatable bonds is 4. The van der Waals surface area contributed by atoms with Crippen molar-refractivity contribution in [3.8, 4) is 0 Å². The molecule has 4 N–H and O–H groups in total. The lowest BCUT2D eigenvalue weighted by Crippen LogP contribution is -2.28. The molecule has 0 aliphatic heterocycles. The van der Waals surface area contributed by atoms with Gasteiger partial charge in [-0.3, -0.25) is 0 Å². The van der Waals surface area contributed by atoms with Gasteiger partial charge in [0.25, 0.3) is 0 Å². The van der Waals surface area contributed by atoms with Crippen molar-refractivity contribution in [2.24, 2.45) is 5.84 Å². The van der Waals surface area contributed by atoms with Crippen LogP contribution in [0, 0.1) is 0 Å². The molecule has 0 aliphatic carbocycles. The van der Waals surface area contributed by atoms with Crippen LogP contribution < -0.4 is 16.6 Å². The van der Waals surface area contributed by atoms with Crippen molar-refractivity contribution < 1.29 is 0 Å². The second-order valence-corrected chi connectivity index (χ2v) is 4.82. The van der Waals surface area contributed by atoms with E-state index in [1.165, 1.54) is 6.33 Å². The highest BCUT2D eigenvalue weighted by Gasteiger charge is 2.15. The average Bonchev–Trinajstić information content (AvgIpc) is 2.18. The summed E-state index contributed by atoms with van der Waals surface area (Å²) in [5.41, 5.74) is 3.63. The highest BCUT2D eigenvalue weighted by Crippen LogP contribution is 2.23. The van der Waals surface area contributed by atoms with Crippen LogP contribution in [0.1, 0.15) is 39.7 Å². The Labute approximate surface area is 96.8 Å². The van der Waals surface area contributed by atoms with Gasteiger partial charge in [0.1, 0.15) is 18.0 Å². The minimum atomic E-state index is -0.0251. The van der Waals surface area contributed by atoms with Crippen LogP contribution in [-0.2, 0) is 6.42 Å². The summed E-state index contributed by atoms with van der Waals surface area (Å²) in [7, 11) is 0. The SMILES string of the molecule is CCCc1c(NN)ncnc1NC(C)(C)C. The fourth-order valence-corrected chi connectivity index (χ4v) is 1.49. The van der Waals surface area contributed by atoms with Gasteiger partial charge in [-0.05, 0) is 27.2 Å². The quantitative estimate of drug-likeness (QED) is 0.537. The minimum Gasteiger partial charge on any atom is -0.365 e. The molecule has 90 valence electrons. The van der Waals surface area contributed by atoms with Crippen LogP contribution >= 0.6 is 0 Å². The second-order valence-electron chi connectivity index (χ2n) is 4.82. The van der Waals surface area contributed by atoms with Crippen LogP contribution in [0.25, 0.3) is 0 Å². The van der Waals surface area contributed by atoms with Crippen molar-refractivity contribution >= 4 is 11.6 Å². The minimum absolute atomic E-state index is 0.0251. The second kappa shape index (κ2) is 5.12. The van der Waals surface area contributed by atoms with Gasteiger partial charge in [-0.2, -0.15) is 0 Å². The first-order valence-electron chi connectivity index (χ1n) is 5.56. The van der Waals surface area contributed by atoms with E-state index >= 15 is 0 Å². The molecule has 0 saturated heterocycles. The molecule has 1 heterocycles. The third kappa shape index (κ3) is 3.34. The van der Waals surface area contributed by atoms with Crippen LogP contribution in [0.15, 0.2) is 6.33 Å². The molecule has 0 spiro atoms. The number of hydrazine groups is 1. The smallest absolute Gasteiger partial charge is 0.148 e. The van der Waals surface area contributed by atoms with Gasteiger partial charge in [-0.25, -0.2) is 15.8 Å². The van der Waals surface area contributed by atoms with E-state index in [0.29, 0.717) is 5.82 Å². The van der Waals surface area contributed by atoms with E-state index in [4.69, 9.17) is 5.84 Å². The molecule has 0 unspecified atom stereocenters. The van der Waals surface area contributed by atoms with Gasteiger partial charge in [0.15, 0.2) is 0 Å². The summed E-state index contributed by atoms with van der Waals surface area (Å²) < 4.78 is 0. The molecule has 0 fully saturated rings. The predicted octanol–water partition coefficient (Wildman–Crippen LogP) is 1.93. The van der Waals surface area contributed by atoms with Crippen LogP contribution in [0.5, 0.6) is 0 Å². The Morgan fingerprint density at radius 3 is 2.38 bits per heavy atom. The van der Waals surface area contributed by atoms with E-state index in [-0.39, 0.29) is 5.54 Å². The molecule has 1 rings (SSSR count). The lowest BCUT2D eigenvalue weighted by Gasteiger charge is -2.23. The Balaban J connectivity index is 3.06. The molecule has 5 heteroatoms. The predicted molar refractivity (Wildman–Crippen MR) is 67.2 cm³/mol. The molecule has 16 heavy (non-hydrogen) atoms. The summed E-state index contributed by atoms with van der Waals surface area (Å²) in [5, 5.41) is 3.36. The summed E-state index contributed by atoms with van der Waals surface area (Å²) in [6.07, 6.45) is 3.45. The van der Waals surface area contributed by atoms with Crippen molar-refractivity contribution in [1.29, 1.82) is 0 Å². The van der Waals surface area contributed by atoms with Crippen LogP contribution in [-0.4, -0.2) is 15.5 Å². The molecule has 0 aliphatic rings. The maximum atomic E-state index is 5.45. The van der Waals surface area contributed by atoms with E-state index in [2.05, 4.69) is 48.4 Å². The van der Waals surface area contributed by atoms with Crippen molar-refractivity contribution in [1.82, 2.24) is 9.97 Å². The summed E-state index contributed by atoms with van der Waals surface area (Å²) in [4.78, 5) is 8.39. The van der Waals surface area contributed by atoms with Crippen molar-refractivity contribution in [2.75, 3.05) is 10.7 Å². The number of hydrogen-bond acceptors (Lipinski definition) is 5. The maximum Gasteiger partial charge on any atom is 0.148 e. The molecule has 0 amide bonds. The Bertz CT molecular complexity index is 343. The van der Waals surface area contributed by atoms with Gasteiger partial charge < -0.3 is 10.7 Å². The summed E-state index contributed by atoms with van der Waals surface area (Å²) in [6.45, 7) is 8.41. The lowest BCUT2D eigenvalue weighted by atomic mass is 10.1. The molecule has 5 nitrogen and oxygen atoms in total. The summed E-state index contributed by atoms with van der Waals surface area (Å²) in [5.74, 6) is 7.00. The largest absolute Gasteiger partial charge is 0.365 e. The summed E-state index contributed by atoms with van der Waals surface area (Å²) in [6, 6.07) is 0. The van der Waals surface area contributed by atoms with Gasteiger partial charge in [-0.15, -0.1) is 0 Å². The number of nitrogen functional groups attached to an aromatic ring is 1. The maximum absolute atomic E-state index is 5.45.